The molecule has 104 valence electrons. The first-order valence-corrected chi connectivity index (χ1v) is 6.05. The van der Waals surface area contributed by atoms with E-state index in [-0.39, 0.29) is 23.6 Å². The summed E-state index contributed by atoms with van der Waals surface area (Å²) in [4.78, 5) is 35.9. The van der Waals surface area contributed by atoms with Gasteiger partial charge in [-0.05, 0) is 13.0 Å². The number of carbonyl (C=O) groups is 2. The molecule has 0 aromatic carbocycles. The number of carboxylic acid groups (broad SMARTS) is 1. The third-order valence-electron chi connectivity index (χ3n) is 2.94. The van der Waals surface area contributed by atoms with Crippen molar-refractivity contribution in [1.29, 1.82) is 0 Å². The highest BCUT2D eigenvalue weighted by atomic mass is 16.4. The Morgan fingerprint density at radius 1 is 1.47 bits per heavy atom. The molecule has 1 rings (SSSR count). The maximum Gasteiger partial charge on any atom is 0.308 e. The molecule has 1 amide bonds. The number of aliphatic carboxylic acids is 1. The van der Waals surface area contributed by atoms with Crippen LogP contribution < -0.4 is 5.56 Å². The van der Waals surface area contributed by atoms with E-state index in [2.05, 4.69) is 0 Å². The van der Waals surface area contributed by atoms with Crippen LogP contribution in [0.1, 0.15) is 24.2 Å². The zero-order chi connectivity index (χ0) is 14.6. The molecule has 1 aromatic rings. The van der Waals surface area contributed by atoms with Crippen molar-refractivity contribution in [3.05, 3.63) is 34.2 Å². The first kappa shape index (κ1) is 14.9. The van der Waals surface area contributed by atoms with Crippen molar-refractivity contribution < 1.29 is 14.7 Å². The molecule has 0 aliphatic rings. The van der Waals surface area contributed by atoms with Crippen molar-refractivity contribution >= 4 is 11.9 Å². The molecular weight excluding hydrogens is 248 g/mol. The number of rotatable bonds is 5. The number of amides is 1. The number of carboxylic acids is 1. The standard InChI is InChI=1S/C13H18N2O4/c1-4-15(8-9(2)13(18)19)12(17)10-5-6-14(3)11(16)7-10/h5-7,9H,4,8H2,1-3H3,(H,18,19). The second-order valence-electron chi connectivity index (χ2n) is 4.45. The summed E-state index contributed by atoms with van der Waals surface area (Å²) in [6.45, 7) is 3.83. The third kappa shape index (κ3) is 3.67. The Hall–Kier alpha value is -2.11. The van der Waals surface area contributed by atoms with Crippen LogP contribution in [-0.4, -0.2) is 39.5 Å². The Kier molecular flexibility index (Phi) is 4.86. The van der Waals surface area contributed by atoms with Crippen LogP contribution in [0, 0.1) is 5.92 Å². The number of aromatic nitrogens is 1. The van der Waals surface area contributed by atoms with Crippen molar-refractivity contribution in [1.82, 2.24) is 9.47 Å². The quantitative estimate of drug-likeness (QED) is 0.845. The van der Waals surface area contributed by atoms with E-state index in [1.807, 2.05) is 0 Å². The second kappa shape index (κ2) is 6.17. The van der Waals surface area contributed by atoms with Crippen molar-refractivity contribution in [2.24, 2.45) is 13.0 Å². The van der Waals surface area contributed by atoms with E-state index < -0.39 is 11.9 Å². The lowest BCUT2D eigenvalue weighted by molar-refractivity contribution is -0.141. The Morgan fingerprint density at radius 2 is 2.11 bits per heavy atom. The van der Waals surface area contributed by atoms with Gasteiger partial charge in [-0.25, -0.2) is 0 Å². The third-order valence-corrected chi connectivity index (χ3v) is 2.94. The van der Waals surface area contributed by atoms with E-state index in [1.165, 1.54) is 21.7 Å². The summed E-state index contributed by atoms with van der Waals surface area (Å²) < 4.78 is 1.37. The van der Waals surface area contributed by atoms with Gasteiger partial charge in [-0.3, -0.25) is 14.4 Å². The molecule has 1 N–H and O–H groups in total. The molecule has 0 saturated heterocycles. The van der Waals surface area contributed by atoms with Crippen LogP contribution in [0.2, 0.25) is 0 Å². The fourth-order valence-electron chi connectivity index (χ4n) is 1.63. The molecule has 19 heavy (non-hydrogen) atoms. The highest BCUT2D eigenvalue weighted by Gasteiger charge is 2.20. The Labute approximate surface area is 111 Å². The number of hydrogen-bond acceptors (Lipinski definition) is 3. The average molecular weight is 266 g/mol. The fourth-order valence-corrected chi connectivity index (χ4v) is 1.63. The average Bonchev–Trinajstić information content (AvgIpc) is 2.37. The summed E-state index contributed by atoms with van der Waals surface area (Å²) in [6, 6.07) is 2.81. The smallest absolute Gasteiger partial charge is 0.308 e. The van der Waals surface area contributed by atoms with Crippen molar-refractivity contribution in [2.75, 3.05) is 13.1 Å². The lowest BCUT2D eigenvalue weighted by Crippen LogP contribution is -2.37. The minimum atomic E-state index is -0.949. The Morgan fingerprint density at radius 3 is 2.58 bits per heavy atom. The minimum Gasteiger partial charge on any atom is -0.481 e. The van der Waals surface area contributed by atoms with Gasteiger partial charge in [-0.15, -0.1) is 0 Å². The molecule has 6 heteroatoms. The van der Waals surface area contributed by atoms with E-state index in [9.17, 15) is 14.4 Å². The molecule has 0 spiro atoms. The Balaban J connectivity index is 2.92. The highest BCUT2D eigenvalue weighted by molar-refractivity contribution is 5.94. The summed E-state index contributed by atoms with van der Waals surface area (Å²) >= 11 is 0. The Bertz CT molecular complexity index is 536. The largest absolute Gasteiger partial charge is 0.481 e. The fraction of sp³-hybridized carbons (Fsp3) is 0.462. The second-order valence-corrected chi connectivity index (χ2v) is 4.45. The summed E-state index contributed by atoms with van der Waals surface area (Å²) in [5, 5.41) is 8.87. The maximum absolute atomic E-state index is 12.2. The van der Waals surface area contributed by atoms with Gasteiger partial charge < -0.3 is 14.6 Å². The van der Waals surface area contributed by atoms with Gasteiger partial charge >= 0.3 is 5.97 Å². The lowest BCUT2D eigenvalue weighted by Gasteiger charge is -2.22. The van der Waals surface area contributed by atoms with Crippen molar-refractivity contribution in [3.8, 4) is 0 Å². The van der Waals surface area contributed by atoms with Crippen molar-refractivity contribution in [2.45, 2.75) is 13.8 Å². The molecular formula is C13H18N2O4. The molecule has 0 aliphatic heterocycles. The number of nitrogens with zero attached hydrogens (tertiary/aromatic N) is 2. The monoisotopic (exact) mass is 266 g/mol. The van der Waals surface area contributed by atoms with Crippen LogP contribution in [0.15, 0.2) is 23.1 Å². The normalized spacial score (nSPS) is 11.9. The number of aryl methyl sites for hydroxylation is 1. The molecule has 6 nitrogen and oxygen atoms in total. The van der Waals surface area contributed by atoms with E-state index >= 15 is 0 Å². The van der Waals surface area contributed by atoms with Gasteiger partial charge in [-0.1, -0.05) is 6.92 Å². The lowest BCUT2D eigenvalue weighted by atomic mass is 10.1. The first-order valence-electron chi connectivity index (χ1n) is 6.05. The van der Waals surface area contributed by atoms with E-state index in [0.29, 0.717) is 6.54 Å². The molecule has 0 fully saturated rings. The van der Waals surface area contributed by atoms with Crippen LogP contribution in [0.25, 0.3) is 0 Å². The SMILES string of the molecule is CCN(CC(C)C(=O)O)C(=O)c1ccn(C)c(=O)c1. The summed E-state index contributed by atoms with van der Waals surface area (Å²) in [5.41, 5.74) is 0.00993. The molecule has 0 bridgehead atoms. The molecule has 0 aliphatic carbocycles. The minimum absolute atomic E-state index is 0.125. The zero-order valence-electron chi connectivity index (χ0n) is 11.3. The van der Waals surface area contributed by atoms with Crippen LogP contribution in [-0.2, 0) is 11.8 Å². The number of carbonyl (C=O) groups excluding carboxylic acids is 1. The summed E-state index contributed by atoms with van der Waals surface area (Å²) in [6.07, 6.45) is 1.52. The van der Waals surface area contributed by atoms with Gasteiger partial charge in [0.2, 0.25) is 0 Å². The van der Waals surface area contributed by atoms with Gasteiger partial charge in [0.05, 0.1) is 5.92 Å². The summed E-state index contributed by atoms with van der Waals surface area (Å²) in [5.74, 6) is -1.92. The van der Waals surface area contributed by atoms with E-state index in [4.69, 9.17) is 5.11 Å². The number of hydrogen-bond donors (Lipinski definition) is 1. The molecule has 1 heterocycles. The molecule has 0 radical (unpaired) electrons. The number of pyridine rings is 1. The van der Waals surface area contributed by atoms with Gasteiger partial charge in [0.25, 0.3) is 11.5 Å². The van der Waals surface area contributed by atoms with Crippen LogP contribution in [0.3, 0.4) is 0 Å². The van der Waals surface area contributed by atoms with Crippen LogP contribution >= 0.6 is 0 Å². The molecule has 0 saturated carbocycles. The van der Waals surface area contributed by atoms with Gasteiger partial charge in [0.1, 0.15) is 0 Å². The predicted molar refractivity (Wildman–Crippen MR) is 70.1 cm³/mol. The zero-order valence-corrected chi connectivity index (χ0v) is 11.3. The van der Waals surface area contributed by atoms with Gasteiger partial charge in [0.15, 0.2) is 0 Å². The van der Waals surface area contributed by atoms with E-state index in [1.54, 1.807) is 27.0 Å². The van der Waals surface area contributed by atoms with Gasteiger partial charge in [0, 0.05) is 38.0 Å². The highest BCUT2D eigenvalue weighted by Crippen LogP contribution is 2.06. The van der Waals surface area contributed by atoms with Crippen LogP contribution in [0.4, 0.5) is 0 Å². The van der Waals surface area contributed by atoms with Crippen molar-refractivity contribution in [3.63, 3.8) is 0 Å². The topological polar surface area (TPSA) is 79.6 Å². The summed E-state index contributed by atoms with van der Waals surface area (Å²) in [7, 11) is 1.60. The van der Waals surface area contributed by atoms with Gasteiger partial charge in [-0.2, -0.15) is 0 Å². The van der Waals surface area contributed by atoms with E-state index in [0.717, 1.165) is 0 Å². The predicted octanol–water partition coefficient (Wildman–Crippen LogP) is 0.568. The molecule has 1 atom stereocenters. The maximum atomic E-state index is 12.2. The van der Waals surface area contributed by atoms with Crippen LogP contribution in [0.5, 0.6) is 0 Å². The molecule has 1 unspecified atom stereocenters. The molecule has 1 aromatic heterocycles. The first-order chi connectivity index (χ1) is 8.86.